The maximum Gasteiger partial charge on any atom is 0.242 e. The van der Waals surface area contributed by atoms with Gasteiger partial charge in [-0.3, -0.25) is 9.69 Å². The zero-order valence-electron chi connectivity index (χ0n) is 19.1. The molecule has 1 heterocycles. The second-order valence-electron chi connectivity index (χ2n) is 9.28. The van der Waals surface area contributed by atoms with E-state index in [1.54, 1.807) is 24.3 Å². The average molecular weight is 451 g/mol. The van der Waals surface area contributed by atoms with Crippen LogP contribution >= 0.6 is 0 Å². The maximum absolute atomic E-state index is 14.6. The Bertz CT molecular complexity index is 1160. The molecule has 1 amide bonds. The number of halogens is 2. The van der Waals surface area contributed by atoms with Gasteiger partial charge in [0.05, 0.1) is 0 Å². The third-order valence-corrected chi connectivity index (χ3v) is 5.57. The molecule has 172 valence electrons. The molecule has 1 unspecified atom stereocenters. The summed E-state index contributed by atoms with van der Waals surface area (Å²) in [5.74, 6) is -0.475. The summed E-state index contributed by atoms with van der Waals surface area (Å²) in [6.45, 7) is 6.88. The molecule has 0 radical (unpaired) electrons. The van der Waals surface area contributed by atoms with Crippen LogP contribution in [0.4, 0.5) is 8.78 Å². The van der Waals surface area contributed by atoms with E-state index in [1.165, 1.54) is 18.2 Å². The molecular weight excluding hydrogens is 422 g/mol. The van der Waals surface area contributed by atoms with E-state index in [9.17, 15) is 13.6 Å². The van der Waals surface area contributed by atoms with Gasteiger partial charge in [0, 0.05) is 29.8 Å². The fourth-order valence-electron chi connectivity index (χ4n) is 4.20. The Hall–Kier alpha value is -3.25. The van der Waals surface area contributed by atoms with Crippen molar-refractivity contribution in [1.29, 1.82) is 0 Å². The highest BCUT2D eigenvalue weighted by Crippen LogP contribution is 2.36. The summed E-state index contributed by atoms with van der Waals surface area (Å²) in [5.41, 5.74) is 2.15. The van der Waals surface area contributed by atoms with E-state index in [4.69, 9.17) is 4.74 Å². The molecule has 3 aromatic rings. The van der Waals surface area contributed by atoms with Gasteiger partial charge in [0.15, 0.2) is 0 Å². The Balaban J connectivity index is 1.76. The SMILES string of the molecule is CC(C)(C)NC(=O)C1c2cc(F)ccc2OCCN1Cc1ccccc1-c1ccccc1F. The Morgan fingerprint density at radius 3 is 2.45 bits per heavy atom. The lowest BCUT2D eigenvalue weighted by Crippen LogP contribution is -2.47. The van der Waals surface area contributed by atoms with Crippen LogP contribution < -0.4 is 10.1 Å². The fraction of sp³-hybridized carbons (Fsp3) is 0.296. The molecule has 0 saturated carbocycles. The number of hydrogen-bond donors (Lipinski definition) is 1. The van der Waals surface area contributed by atoms with Crippen LogP contribution in [0.5, 0.6) is 5.75 Å². The number of amides is 1. The topological polar surface area (TPSA) is 41.6 Å². The molecule has 0 saturated heterocycles. The molecule has 4 rings (SSSR count). The van der Waals surface area contributed by atoms with Crippen LogP contribution in [-0.2, 0) is 11.3 Å². The third-order valence-electron chi connectivity index (χ3n) is 5.57. The molecule has 33 heavy (non-hydrogen) atoms. The Labute approximate surface area is 193 Å². The van der Waals surface area contributed by atoms with Crippen LogP contribution in [0.25, 0.3) is 11.1 Å². The second-order valence-corrected chi connectivity index (χ2v) is 9.28. The molecule has 0 spiro atoms. The van der Waals surface area contributed by atoms with Gasteiger partial charge in [0.1, 0.15) is 30.0 Å². The van der Waals surface area contributed by atoms with Gasteiger partial charge >= 0.3 is 0 Å². The molecule has 0 aromatic heterocycles. The summed E-state index contributed by atoms with van der Waals surface area (Å²) in [7, 11) is 0. The molecule has 1 aliphatic heterocycles. The number of carbonyl (C=O) groups is 1. The van der Waals surface area contributed by atoms with Gasteiger partial charge in [0.25, 0.3) is 0 Å². The molecule has 1 aliphatic rings. The molecule has 0 bridgehead atoms. The molecular formula is C27H28F2N2O2. The number of benzene rings is 3. The van der Waals surface area contributed by atoms with Gasteiger partial charge < -0.3 is 10.1 Å². The molecule has 4 nitrogen and oxygen atoms in total. The average Bonchev–Trinajstić information content (AvgIpc) is 2.92. The first kappa shape index (κ1) is 22.9. The first-order valence-electron chi connectivity index (χ1n) is 11.0. The van der Waals surface area contributed by atoms with Crippen molar-refractivity contribution in [2.75, 3.05) is 13.2 Å². The quantitative estimate of drug-likeness (QED) is 0.572. The number of nitrogens with zero attached hydrogens (tertiary/aromatic N) is 1. The van der Waals surface area contributed by atoms with Gasteiger partial charge in [-0.2, -0.15) is 0 Å². The predicted octanol–water partition coefficient (Wildman–Crippen LogP) is 5.48. The molecule has 1 atom stereocenters. The third kappa shape index (κ3) is 5.22. The number of fused-ring (bicyclic) bond motifs is 1. The van der Waals surface area contributed by atoms with Crippen molar-refractivity contribution < 1.29 is 18.3 Å². The van der Waals surface area contributed by atoms with Crippen LogP contribution in [0.3, 0.4) is 0 Å². The molecule has 0 aliphatic carbocycles. The summed E-state index contributed by atoms with van der Waals surface area (Å²) in [4.78, 5) is 15.4. The van der Waals surface area contributed by atoms with Crippen molar-refractivity contribution >= 4 is 5.91 Å². The van der Waals surface area contributed by atoms with E-state index in [1.807, 2.05) is 49.9 Å². The van der Waals surface area contributed by atoms with Crippen molar-refractivity contribution in [1.82, 2.24) is 10.2 Å². The summed E-state index contributed by atoms with van der Waals surface area (Å²) in [6, 6.07) is 17.7. The van der Waals surface area contributed by atoms with Crippen molar-refractivity contribution in [2.45, 2.75) is 38.9 Å². The number of hydrogen-bond acceptors (Lipinski definition) is 3. The molecule has 3 aromatic carbocycles. The monoisotopic (exact) mass is 450 g/mol. The normalized spacial score (nSPS) is 16.5. The van der Waals surface area contributed by atoms with Gasteiger partial charge in [-0.25, -0.2) is 8.78 Å². The van der Waals surface area contributed by atoms with Crippen LogP contribution in [0, 0.1) is 11.6 Å². The highest BCUT2D eigenvalue weighted by atomic mass is 19.1. The standard InChI is InChI=1S/C27H28F2N2O2/c1-27(2,3)30-26(32)25-22-16-19(28)12-13-24(22)33-15-14-31(25)17-18-8-4-5-9-20(18)21-10-6-7-11-23(21)29/h4-13,16,25H,14-15,17H2,1-3H3,(H,30,32). The van der Waals surface area contributed by atoms with E-state index in [0.717, 1.165) is 11.1 Å². The van der Waals surface area contributed by atoms with Crippen molar-refractivity contribution in [3.8, 4) is 16.9 Å². The lowest BCUT2D eigenvalue weighted by Gasteiger charge is -2.32. The highest BCUT2D eigenvalue weighted by molar-refractivity contribution is 5.84. The van der Waals surface area contributed by atoms with Crippen LogP contribution in [0.15, 0.2) is 66.7 Å². The molecule has 6 heteroatoms. The summed E-state index contributed by atoms with van der Waals surface area (Å²) < 4.78 is 34.7. The number of ether oxygens (including phenoxy) is 1. The van der Waals surface area contributed by atoms with Crippen LogP contribution in [0.1, 0.15) is 37.9 Å². The lowest BCUT2D eigenvalue weighted by molar-refractivity contribution is -0.128. The zero-order chi connectivity index (χ0) is 23.6. The maximum atomic E-state index is 14.6. The predicted molar refractivity (Wildman–Crippen MR) is 125 cm³/mol. The van der Waals surface area contributed by atoms with E-state index >= 15 is 0 Å². The van der Waals surface area contributed by atoms with Crippen LogP contribution in [0.2, 0.25) is 0 Å². The van der Waals surface area contributed by atoms with Gasteiger partial charge in [-0.05, 0) is 56.2 Å². The minimum absolute atomic E-state index is 0.233. The lowest BCUT2D eigenvalue weighted by atomic mass is 9.96. The summed E-state index contributed by atoms with van der Waals surface area (Å²) in [6.07, 6.45) is 0. The van der Waals surface area contributed by atoms with E-state index in [-0.39, 0.29) is 11.7 Å². The Kier molecular flexibility index (Phi) is 6.47. The largest absolute Gasteiger partial charge is 0.492 e. The second kappa shape index (κ2) is 9.32. The smallest absolute Gasteiger partial charge is 0.242 e. The first-order chi connectivity index (χ1) is 15.7. The minimum atomic E-state index is -0.758. The van der Waals surface area contributed by atoms with Gasteiger partial charge in [-0.15, -0.1) is 0 Å². The minimum Gasteiger partial charge on any atom is -0.492 e. The Morgan fingerprint density at radius 2 is 1.73 bits per heavy atom. The van der Waals surface area contributed by atoms with E-state index < -0.39 is 17.4 Å². The van der Waals surface area contributed by atoms with Gasteiger partial charge in [-0.1, -0.05) is 42.5 Å². The first-order valence-corrected chi connectivity index (χ1v) is 11.0. The molecule has 1 N–H and O–H groups in total. The van der Waals surface area contributed by atoms with Crippen molar-refractivity contribution in [3.05, 3.63) is 89.5 Å². The number of carbonyl (C=O) groups excluding carboxylic acids is 1. The summed E-state index contributed by atoms with van der Waals surface area (Å²) in [5, 5.41) is 3.03. The molecule has 0 fully saturated rings. The van der Waals surface area contributed by atoms with Gasteiger partial charge in [0.2, 0.25) is 5.91 Å². The number of rotatable bonds is 4. The van der Waals surface area contributed by atoms with E-state index in [0.29, 0.717) is 36.6 Å². The Morgan fingerprint density at radius 1 is 1.03 bits per heavy atom. The number of nitrogens with one attached hydrogen (secondary N) is 1. The highest BCUT2D eigenvalue weighted by Gasteiger charge is 2.35. The van der Waals surface area contributed by atoms with Crippen molar-refractivity contribution in [2.24, 2.45) is 0 Å². The zero-order valence-corrected chi connectivity index (χ0v) is 19.1. The summed E-state index contributed by atoms with van der Waals surface area (Å²) >= 11 is 0. The fourth-order valence-corrected chi connectivity index (χ4v) is 4.20. The van der Waals surface area contributed by atoms with Crippen LogP contribution in [-0.4, -0.2) is 29.5 Å². The van der Waals surface area contributed by atoms with Crippen molar-refractivity contribution in [3.63, 3.8) is 0 Å². The van der Waals surface area contributed by atoms with E-state index in [2.05, 4.69) is 5.32 Å².